The highest BCUT2D eigenvalue weighted by atomic mass is 16.5. The van der Waals surface area contributed by atoms with Crippen molar-refractivity contribution in [3.63, 3.8) is 0 Å². The quantitative estimate of drug-likeness (QED) is 0.480. The van der Waals surface area contributed by atoms with Gasteiger partial charge in [0.1, 0.15) is 11.5 Å². The number of carbonyl (C=O) groups is 2. The Morgan fingerprint density at radius 2 is 1.80 bits per heavy atom. The number of esters is 1. The van der Waals surface area contributed by atoms with Crippen LogP contribution < -0.4 is 9.47 Å². The van der Waals surface area contributed by atoms with E-state index in [9.17, 15) is 9.59 Å². The van der Waals surface area contributed by atoms with Crippen LogP contribution in [0.4, 0.5) is 0 Å². The lowest BCUT2D eigenvalue weighted by atomic mass is 9.88. The summed E-state index contributed by atoms with van der Waals surface area (Å²) < 4.78 is 11.7. The predicted molar refractivity (Wildman–Crippen MR) is 95.5 cm³/mol. The highest BCUT2D eigenvalue weighted by Crippen LogP contribution is 2.43. The van der Waals surface area contributed by atoms with Gasteiger partial charge in [-0.15, -0.1) is 0 Å². The fourth-order valence-electron chi connectivity index (χ4n) is 3.21. The van der Waals surface area contributed by atoms with Crippen molar-refractivity contribution in [2.75, 3.05) is 0 Å². The number of ether oxygens (including phenoxy) is 2. The first kappa shape index (κ1) is 17.2. The average molecular weight is 338 g/mol. The van der Waals surface area contributed by atoms with Crippen LogP contribution in [-0.4, -0.2) is 17.9 Å². The van der Waals surface area contributed by atoms with Gasteiger partial charge >= 0.3 is 5.97 Å². The first-order valence-corrected chi connectivity index (χ1v) is 8.41. The van der Waals surface area contributed by atoms with Crippen LogP contribution in [0.2, 0.25) is 0 Å². The SMILES string of the molecule is Cc1c(C)c2c(c(C)c1OC(=O)c1ccccc1)CCC(C)(C=O)O2. The summed E-state index contributed by atoms with van der Waals surface area (Å²) in [6.45, 7) is 7.58. The Balaban J connectivity index is 2.01. The summed E-state index contributed by atoms with van der Waals surface area (Å²) in [5, 5.41) is 0. The largest absolute Gasteiger partial charge is 0.480 e. The van der Waals surface area contributed by atoms with Gasteiger partial charge in [-0.25, -0.2) is 4.79 Å². The summed E-state index contributed by atoms with van der Waals surface area (Å²) >= 11 is 0. The molecule has 3 rings (SSSR count). The standard InChI is InChI=1S/C21H22O4/c1-13-14(2)19-17(10-11-21(4,12-22)25-19)15(3)18(13)24-20(23)16-8-6-5-7-9-16/h5-9,12H,10-11H2,1-4H3. The Hall–Kier alpha value is -2.62. The molecule has 1 aliphatic rings. The molecule has 0 bridgehead atoms. The molecule has 2 aromatic rings. The van der Waals surface area contributed by atoms with E-state index in [0.717, 1.165) is 34.3 Å². The van der Waals surface area contributed by atoms with Gasteiger partial charge in [0, 0.05) is 5.56 Å². The van der Waals surface area contributed by atoms with Crippen molar-refractivity contribution in [1.29, 1.82) is 0 Å². The first-order valence-electron chi connectivity index (χ1n) is 8.41. The van der Waals surface area contributed by atoms with Gasteiger partial charge in [0.15, 0.2) is 11.9 Å². The van der Waals surface area contributed by atoms with Crippen LogP contribution in [-0.2, 0) is 11.2 Å². The zero-order valence-electron chi connectivity index (χ0n) is 15.0. The van der Waals surface area contributed by atoms with E-state index in [1.165, 1.54) is 0 Å². The van der Waals surface area contributed by atoms with Gasteiger partial charge in [0.2, 0.25) is 0 Å². The monoisotopic (exact) mass is 338 g/mol. The van der Waals surface area contributed by atoms with Crippen LogP contribution in [0.15, 0.2) is 30.3 Å². The topological polar surface area (TPSA) is 52.6 Å². The lowest BCUT2D eigenvalue weighted by molar-refractivity contribution is -0.121. The first-order chi connectivity index (χ1) is 11.9. The second kappa shape index (κ2) is 6.36. The molecule has 25 heavy (non-hydrogen) atoms. The number of hydrogen-bond acceptors (Lipinski definition) is 4. The molecule has 1 atom stereocenters. The number of hydrogen-bond donors (Lipinski definition) is 0. The normalized spacial score (nSPS) is 18.9. The Morgan fingerprint density at radius 1 is 1.12 bits per heavy atom. The number of fused-ring (bicyclic) bond motifs is 1. The fourth-order valence-corrected chi connectivity index (χ4v) is 3.21. The molecule has 0 saturated carbocycles. The Bertz CT molecular complexity index is 839. The van der Waals surface area contributed by atoms with Crippen molar-refractivity contribution in [3.05, 3.63) is 58.1 Å². The second-order valence-electron chi connectivity index (χ2n) is 6.80. The molecular weight excluding hydrogens is 316 g/mol. The summed E-state index contributed by atoms with van der Waals surface area (Å²) in [5.41, 5.74) is 3.40. The van der Waals surface area contributed by atoms with Crippen LogP contribution in [0.25, 0.3) is 0 Å². The summed E-state index contributed by atoms with van der Waals surface area (Å²) in [7, 11) is 0. The molecule has 0 aliphatic carbocycles. The smallest absolute Gasteiger partial charge is 0.343 e. The average Bonchev–Trinajstić information content (AvgIpc) is 2.64. The van der Waals surface area contributed by atoms with Gasteiger partial charge in [0.05, 0.1) is 5.56 Å². The molecule has 2 aromatic carbocycles. The second-order valence-corrected chi connectivity index (χ2v) is 6.80. The maximum absolute atomic E-state index is 12.4. The molecule has 0 saturated heterocycles. The lowest BCUT2D eigenvalue weighted by Crippen LogP contribution is -2.38. The molecule has 1 unspecified atom stereocenters. The van der Waals surface area contributed by atoms with Gasteiger partial charge in [0.25, 0.3) is 0 Å². The van der Waals surface area contributed by atoms with E-state index in [4.69, 9.17) is 9.47 Å². The minimum absolute atomic E-state index is 0.374. The number of benzene rings is 2. The maximum atomic E-state index is 12.4. The molecule has 0 N–H and O–H groups in total. The maximum Gasteiger partial charge on any atom is 0.343 e. The number of rotatable bonds is 3. The highest BCUT2D eigenvalue weighted by Gasteiger charge is 2.34. The molecule has 0 spiro atoms. The summed E-state index contributed by atoms with van der Waals surface area (Å²) in [6.07, 6.45) is 2.19. The zero-order valence-corrected chi connectivity index (χ0v) is 15.0. The third-order valence-corrected chi connectivity index (χ3v) is 4.97. The minimum atomic E-state index is -0.793. The molecule has 130 valence electrons. The van der Waals surface area contributed by atoms with Gasteiger partial charge < -0.3 is 9.47 Å². The van der Waals surface area contributed by atoms with E-state index in [1.807, 2.05) is 39.0 Å². The Morgan fingerprint density at radius 3 is 2.44 bits per heavy atom. The summed E-state index contributed by atoms with van der Waals surface area (Å²) in [4.78, 5) is 23.8. The number of aldehydes is 1. The molecule has 0 amide bonds. The predicted octanol–water partition coefficient (Wildman–Crippen LogP) is 4.11. The number of carbonyl (C=O) groups excluding carboxylic acids is 2. The molecule has 1 heterocycles. The van der Waals surface area contributed by atoms with Crippen molar-refractivity contribution in [1.82, 2.24) is 0 Å². The van der Waals surface area contributed by atoms with E-state index in [2.05, 4.69) is 0 Å². The third-order valence-electron chi connectivity index (χ3n) is 4.97. The van der Waals surface area contributed by atoms with Crippen molar-refractivity contribution in [2.24, 2.45) is 0 Å². The van der Waals surface area contributed by atoms with Crippen molar-refractivity contribution in [2.45, 2.75) is 46.1 Å². The Kier molecular flexibility index (Phi) is 4.38. The molecule has 0 fully saturated rings. The van der Waals surface area contributed by atoms with E-state index in [0.29, 0.717) is 24.2 Å². The summed E-state index contributed by atoms with van der Waals surface area (Å²) in [5.74, 6) is 0.958. The molecule has 1 aliphatic heterocycles. The molecule has 4 nitrogen and oxygen atoms in total. The van der Waals surface area contributed by atoms with Gasteiger partial charge in [-0.1, -0.05) is 18.2 Å². The zero-order chi connectivity index (χ0) is 18.2. The van der Waals surface area contributed by atoms with E-state index < -0.39 is 5.60 Å². The molecule has 0 aromatic heterocycles. The fraction of sp³-hybridized carbons (Fsp3) is 0.333. The van der Waals surface area contributed by atoms with Crippen molar-refractivity contribution in [3.8, 4) is 11.5 Å². The minimum Gasteiger partial charge on any atom is -0.480 e. The van der Waals surface area contributed by atoms with Crippen LogP contribution in [0.1, 0.15) is 46.0 Å². The van der Waals surface area contributed by atoms with E-state index in [-0.39, 0.29) is 5.97 Å². The molecular formula is C21H22O4. The third kappa shape index (κ3) is 3.04. The Labute approximate surface area is 147 Å². The van der Waals surface area contributed by atoms with Crippen LogP contribution in [0.3, 0.4) is 0 Å². The highest BCUT2D eigenvalue weighted by molar-refractivity contribution is 5.91. The summed E-state index contributed by atoms with van der Waals surface area (Å²) in [6, 6.07) is 8.94. The molecule has 0 radical (unpaired) electrons. The van der Waals surface area contributed by atoms with Crippen LogP contribution in [0, 0.1) is 20.8 Å². The van der Waals surface area contributed by atoms with E-state index >= 15 is 0 Å². The van der Waals surface area contributed by atoms with Crippen LogP contribution in [0.5, 0.6) is 11.5 Å². The van der Waals surface area contributed by atoms with Gasteiger partial charge in [-0.05, 0) is 69.4 Å². The lowest BCUT2D eigenvalue weighted by Gasteiger charge is -2.34. The van der Waals surface area contributed by atoms with E-state index in [1.54, 1.807) is 19.1 Å². The van der Waals surface area contributed by atoms with Gasteiger partial charge in [-0.2, -0.15) is 0 Å². The van der Waals surface area contributed by atoms with Gasteiger partial charge in [-0.3, -0.25) is 4.79 Å². The van der Waals surface area contributed by atoms with Crippen LogP contribution >= 0.6 is 0 Å². The van der Waals surface area contributed by atoms with Crippen molar-refractivity contribution >= 4 is 12.3 Å². The van der Waals surface area contributed by atoms with Crippen molar-refractivity contribution < 1.29 is 19.1 Å². The molecule has 4 heteroatoms.